The SMILES string of the molecule is C.CC(C)(C)C.c1ccc2c(c1)OCO2. The van der Waals surface area contributed by atoms with Crippen LogP contribution in [0.4, 0.5) is 0 Å². The van der Waals surface area contributed by atoms with Crippen LogP contribution in [-0.4, -0.2) is 6.79 Å². The van der Waals surface area contributed by atoms with E-state index in [1.54, 1.807) is 0 Å². The van der Waals surface area contributed by atoms with Gasteiger partial charge in [0.2, 0.25) is 6.79 Å². The molecule has 2 rings (SSSR count). The Morgan fingerprint density at radius 1 is 0.933 bits per heavy atom. The minimum absolute atomic E-state index is 0. The Morgan fingerprint density at radius 2 is 1.27 bits per heavy atom. The van der Waals surface area contributed by atoms with Crippen molar-refractivity contribution in [3.8, 4) is 11.5 Å². The van der Waals surface area contributed by atoms with Crippen molar-refractivity contribution in [3.63, 3.8) is 0 Å². The minimum Gasteiger partial charge on any atom is -0.454 e. The molecule has 0 unspecified atom stereocenters. The lowest BCUT2D eigenvalue weighted by Crippen LogP contribution is -1.93. The molecule has 0 aliphatic carbocycles. The second kappa shape index (κ2) is 5.64. The van der Waals surface area contributed by atoms with Gasteiger partial charge in [0.1, 0.15) is 0 Å². The van der Waals surface area contributed by atoms with Crippen molar-refractivity contribution >= 4 is 0 Å². The molecule has 1 aromatic carbocycles. The molecule has 0 radical (unpaired) electrons. The topological polar surface area (TPSA) is 18.5 Å². The summed E-state index contributed by atoms with van der Waals surface area (Å²) in [6.45, 7) is 9.11. The van der Waals surface area contributed by atoms with Crippen molar-refractivity contribution in [2.24, 2.45) is 5.41 Å². The molecule has 0 saturated heterocycles. The third kappa shape index (κ3) is 6.00. The maximum Gasteiger partial charge on any atom is 0.231 e. The number of rotatable bonds is 0. The molecular weight excluding hydrogens is 188 g/mol. The van der Waals surface area contributed by atoms with E-state index in [2.05, 4.69) is 27.7 Å². The summed E-state index contributed by atoms with van der Waals surface area (Å²) < 4.78 is 10.2. The summed E-state index contributed by atoms with van der Waals surface area (Å²) in [5.74, 6) is 1.69. The van der Waals surface area contributed by atoms with Gasteiger partial charge in [0.25, 0.3) is 0 Å². The first-order chi connectivity index (χ1) is 6.47. The molecule has 1 aliphatic rings. The predicted molar refractivity (Wildman–Crippen MR) is 64.4 cm³/mol. The van der Waals surface area contributed by atoms with Gasteiger partial charge in [-0.15, -0.1) is 0 Å². The zero-order valence-electron chi connectivity index (χ0n) is 9.33. The summed E-state index contributed by atoms with van der Waals surface area (Å²) in [5.41, 5.74) is 0.500. The molecule has 2 heteroatoms. The summed E-state index contributed by atoms with van der Waals surface area (Å²) in [7, 11) is 0. The van der Waals surface area contributed by atoms with E-state index < -0.39 is 0 Å². The van der Waals surface area contributed by atoms with Crippen LogP contribution in [0, 0.1) is 5.41 Å². The average molecular weight is 210 g/mol. The number of fused-ring (bicyclic) bond motifs is 1. The normalized spacial score (nSPS) is 12.3. The van der Waals surface area contributed by atoms with Crippen LogP contribution in [0.3, 0.4) is 0 Å². The van der Waals surface area contributed by atoms with Crippen LogP contribution in [0.2, 0.25) is 0 Å². The first kappa shape index (κ1) is 13.8. The van der Waals surface area contributed by atoms with Gasteiger partial charge >= 0.3 is 0 Å². The Labute approximate surface area is 93.2 Å². The lowest BCUT2D eigenvalue weighted by molar-refractivity contribution is 0.174. The number of ether oxygens (including phenoxy) is 2. The number of benzene rings is 1. The third-order valence-electron chi connectivity index (χ3n) is 1.28. The van der Waals surface area contributed by atoms with E-state index in [1.165, 1.54) is 0 Å². The Kier molecular flexibility index (Phi) is 5.20. The molecule has 2 nitrogen and oxygen atoms in total. The molecule has 86 valence electrons. The van der Waals surface area contributed by atoms with Gasteiger partial charge in [-0.3, -0.25) is 0 Å². The van der Waals surface area contributed by atoms with Crippen molar-refractivity contribution in [1.82, 2.24) is 0 Å². The van der Waals surface area contributed by atoms with E-state index in [9.17, 15) is 0 Å². The lowest BCUT2D eigenvalue weighted by atomic mass is 10.0. The van der Waals surface area contributed by atoms with Gasteiger partial charge in [-0.1, -0.05) is 47.3 Å². The van der Waals surface area contributed by atoms with Gasteiger partial charge in [-0.2, -0.15) is 0 Å². The van der Waals surface area contributed by atoms with Crippen LogP contribution in [0.5, 0.6) is 11.5 Å². The van der Waals surface area contributed by atoms with Crippen LogP contribution in [-0.2, 0) is 0 Å². The fourth-order valence-electron chi connectivity index (χ4n) is 0.845. The lowest BCUT2D eigenvalue weighted by Gasteiger charge is -2.05. The van der Waals surface area contributed by atoms with Gasteiger partial charge in [0.05, 0.1) is 0 Å². The van der Waals surface area contributed by atoms with Crippen LogP contribution in [0.1, 0.15) is 35.1 Å². The van der Waals surface area contributed by atoms with Crippen molar-refractivity contribution in [3.05, 3.63) is 24.3 Å². The van der Waals surface area contributed by atoms with E-state index in [1.807, 2.05) is 24.3 Å². The van der Waals surface area contributed by atoms with E-state index in [-0.39, 0.29) is 7.43 Å². The summed E-state index contributed by atoms with van der Waals surface area (Å²) >= 11 is 0. The predicted octanol–water partition coefficient (Wildman–Crippen LogP) is 4.10. The fourth-order valence-corrected chi connectivity index (χ4v) is 0.845. The van der Waals surface area contributed by atoms with Gasteiger partial charge in [-0.05, 0) is 17.5 Å². The molecule has 1 heterocycles. The first-order valence-corrected chi connectivity index (χ1v) is 4.81. The van der Waals surface area contributed by atoms with Crippen molar-refractivity contribution < 1.29 is 9.47 Å². The molecule has 0 N–H and O–H groups in total. The maximum absolute atomic E-state index is 5.08. The van der Waals surface area contributed by atoms with Crippen LogP contribution in [0.15, 0.2) is 24.3 Å². The third-order valence-corrected chi connectivity index (χ3v) is 1.28. The number of para-hydroxylation sites is 2. The Hall–Kier alpha value is -1.18. The van der Waals surface area contributed by atoms with E-state index in [0.29, 0.717) is 12.2 Å². The quantitative estimate of drug-likeness (QED) is 0.641. The highest BCUT2D eigenvalue weighted by Crippen LogP contribution is 2.30. The molecular formula is C13H22O2. The van der Waals surface area contributed by atoms with E-state index in [4.69, 9.17) is 9.47 Å². The molecule has 0 atom stereocenters. The Morgan fingerprint density at radius 3 is 1.60 bits per heavy atom. The monoisotopic (exact) mass is 210 g/mol. The van der Waals surface area contributed by atoms with Crippen molar-refractivity contribution in [1.29, 1.82) is 0 Å². The molecule has 0 amide bonds. The second-order valence-electron chi connectivity index (χ2n) is 4.85. The Bertz CT molecular complexity index is 258. The van der Waals surface area contributed by atoms with E-state index >= 15 is 0 Å². The van der Waals surface area contributed by atoms with E-state index in [0.717, 1.165) is 11.5 Å². The molecule has 0 aromatic heterocycles. The molecule has 15 heavy (non-hydrogen) atoms. The smallest absolute Gasteiger partial charge is 0.231 e. The number of hydrogen-bond acceptors (Lipinski definition) is 2. The molecule has 0 fully saturated rings. The molecule has 1 aliphatic heterocycles. The summed E-state index contributed by atoms with van der Waals surface area (Å²) in [6, 6.07) is 7.63. The van der Waals surface area contributed by atoms with Gasteiger partial charge < -0.3 is 9.47 Å². The molecule has 0 spiro atoms. The largest absolute Gasteiger partial charge is 0.454 e. The average Bonchev–Trinajstić information content (AvgIpc) is 2.47. The first-order valence-electron chi connectivity index (χ1n) is 4.81. The highest BCUT2D eigenvalue weighted by Gasteiger charge is 2.09. The van der Waals surface area contributed by atoms with Crippen molar-refractivity contribution in [2.45, 2.75) is 35.1 Å². The summed E-state index contributed by atoms with van der Waals surface area (Å²) in [5, 5.41) is 0. The molecule has 0 saturated carbocycles. The van der Waals surface area contributed by atoms with Gasteiger partial charge in [-0.25, -0.2) is 0 Å². The van der Waals surface area contributed by atoms with Crippen LogP contribution >= 0.6 is 0 Å². The maximum atomic E-state index is 5.08. The standard InChI is InChI=1S/C7H6O2.C5H12.CH4/c1-2-4-7-6(3-1)8-5-9-7;1-5(2,3)4;/h1-4H,5H2;1-4H3;1H4. The fraction of sp³-hybridized carbons (Fsp3) is 0.538. The van der Waals surface area contributed by atoms with Crippen molar-refractivity contribution in [2.75, 3.05) is 6.79 Å². The minimum atomic E-state index is 0. The number of hydrogen-bond donors (Lipinski definition) is 0. The molecule has 0 bridgehead atoms. The van der Waals surface area contributed by atoms with Gasteiger partial charge in [0, 0.05) is 0 Å². The van der Waals surface area contributed by atoms with Crippen LogP contribution in [0.25, 0.3) is 0 Å². The summed E-state index contributed by atoms with van der Waals surface area (Å²) in [6.07, 6.45) is 0. The zero-order chi connectivity index (χ0) is 10.6. The van der Waals surface area contributed by atoms with Crippen LogP contribution < -0.4 is 9.47 Å². The highest BCUT2D eigenvalue weighted by molar-refractivity contribution is 5.40. The Balaban J connectivity index is 0.000000289. The zero-order valence-corrected chi connectivity index (χ0v) is 9.33. The van der Waals surface area contributed by atoms with Gasteiger partial charge in [0.15, 0.2) is 11.5 Å². The molecule has 1 aromatic rings. The highest BCUT2D eigenvalue weighted by atomic mass is 16.7. The second-order valence-corrected chi connectivity index (χ2v) is 4.85. The summed E-state index contributed by atoms with van der Waals surface area (Å²) in [4.78, 5) is 0.